The molecule has 0 fully saturated rings. The maximum absolute atomic E-state index is 12.2. The van der Waals surface area contributed by atoms with Crippen molar-refractivity contribution in [1.82, 2.24) is 21.7 Å². The quantitative estimate of drug-likeness (QED) is 0.153. The van der Waals surface area contributed by atoms with Crippen molar-refractivity contribution in [3.05, 3.63) is 58.7 Å². The van der Waals surface area contributed by atoms with Crippen LogP contribution >= 0.6 is 11.8 Å². The van der Waals surface area contributed by atoms with E-state index in [0.29, 0.717) is 11.5 Å². The van der Waals surface area contributed by atoms with Crippen LogP contribution in [0.3, 0.4) is 0 Å². The number of unbranched alkanes of at least 4 members (excludes halogenated alkanes) is 2. The van der Waals surface area contributed by atoms with E-state index in [4.69, 9.17) is 0 Å². The summed E-state index contributed by atoms with van der Waals surface area (Å²) in [6.45, 7) is 4.15. The highest BCUT2D eigenvalue weighted by Crippen LogP contribution is 2.21. The Labute approximate surface area is 233 Å². The number of rotatable bonds is 14. The van der Waals surface area contributed by atoms with Gasteiger partial charge in [0.05, 0.1) is 11.1 Å². The van der Waals surface area contributed by atoms with Crippen LogP contribution in [0.1, 0.15) is 84.2 Å². The zero-order valence-electron chi connectivity index (χ0n) is 22.5. The zero-order valence-corrected chi connectivity index (χ0v) is 23.3. The second kappa shape index (κ2) is 17.0. The first-order valence-electron chi connectivity index (χ1n) is 13.1. The van der Waals surface area contributed by atoms with Gasteiger partial charge in [0.1, 0.15) is 11.5 Å². The number of amides is 4. The van der Waals surface area contributed by atoms with Crippen LogP contribution in [0.25, 0.3) is 0 Å². The van der Waals surface area contributed by atoms with Crippen LogP contribution in [-0.4, -0.2) is 45.3 Å². The lowest BCUT2D eigenvalue weighted by Crippen LogP contribution is -2.42. The van der Waals surface area contributed by atoms with E-state index in [1.807, 2.05) is 0 Å². The van der Waals surface area contributed by atoms with E-state index in [-0.39, 0.29) is 35.5 Å². The summed E-state index contributed by atoms with van der Waals surface area (Å²) in [7, 11) is 0. The molecule has 4 amide bonds. The smallest absolute Gasteiger partial charge is 0.273 e. The first-order chi connectivity index (χ1) is 18.7. The van der Waals surface area contributed by atoms with Crippen LogP contribution in [-0.2, 0) is 22.4 Å². The van der Waals surface area contributed by atoms with Gasteiger partial charge in [-0.2, -0.15) is 11.8 Å². The van der Waals surface area contributed by atoms with E-state index in [1.165, 1.54) is 23.9 Å². The molecule has 11 heteroatoms. The molecule has 2 rings (SSSR count). The van der Waals surface area contributed by atoms with Gasteiger partial charge >= 0.3 is 0 Å². The highest BCUT2D eigenvalue weighted by molar-refractivity contribution is 7.99. The average molecular weight is 559 g/mol. The van der Waals surface area contributed by atoms with Crippen molar-refractivity contribution in [3.63, 3.8) is 0 Å². The molecule has 0 aliphatic heterocycles. The van der Waals surface area contributed by atoms with Gasteiger partial charge in [-0.15, -0.1) is 0 Å². The van der Waals surface area contributed by atoms with Crippen LogP contribution in [0, 0.1) is 0 Å². The zero-order chi connectivity index (χ0) is 28.6. The molecule has 0 atom stereocenters. The van der Waals surface area contributed by atoms with Gasteiger partial charge in [0.15, 0.2) is 0 Å². The first kappa shape index (κ1) is 31.5. The third-order valence-electron chi connectivity index (χ3n) is 5.83. The Hall–Kier alpha value is -3.73. The van der Waals surface area contributed by atoms with E-state index in [9.17, 15) is 29.4 Å². The standard InChI is InChI=1S/C28H38N4O6S/c1-3-5-7-19-9-11-21(23(33)17-19)27(37)31-29-25(35)13-15-39-16-14-26(36)30-32-28(38)22-12-10-20(8-6-4-2)18-24(22)34/h9-12,17-18,33-34H,3-8,13-16H2,1-2H3,(H,29,35)(H,30,36)(H,31,37)(H,32,38). The van der Waals surface area contributed by atoms with Gasteiger partial charge in [-0.05, 0) is 61.1 Å². The molecule has 10 nitrogen and oxygen atoms in total. The summed E-state index contributed by atoms with van der Waals surface area (Å²) in [6.07, 6.45) is 5.88. The number of benzene rings is 2. The molecule has 39 heavy (non-hydrogen) atoms. The summed E-state index contributed by atoms with van der Waals surface area (Å²) in [5, 5.41) is 20.2. The van der Waals surface area contributed by atoms with Crippen LogP contribution in [0.5, 0.6) is 11.5 Å². The van der Waals surface area contributed by atoms with Crippen molar-refractivity contribution >= 4 is 35.4 Å². The van der Waals surface area contributed by atoms with Crippen molar-refractivity contribution < 1.29 is 29.4 Å². The van der Waals surface area contributed by atoms with Crippen LogP contribution in [0.2, 0.25) is 0 Å². The number of carbonyl (C=O) groups is 4. The second-order valence-corrected chi connectivity index (χ2v) is 10.3. The molecule has 0 bridgehead atoms. The van der Waals surface area contributed by atoms with E-state index in [0.717, 1.165) is 49.7 Å². The van der Waals surface area contributed by atoms with Gasteiger partial charge in [-0.3, -0.25) is 40.9 Å². The third kappa shape index (κ3) is 11.3. The molecule has 0 radical (unpaired) electrons. The Morgan fingerprint density at radius 3 is 1.44 bits per heavy atom. The van der Waals surface area contributed by atoms with E-state index in [2.05, 4.69) is 35.6 Å². The minimum Gasteiger partial charge on any atom is -0.507 e. The van der Waals surface area contributed by atoms with Gasteiger partial charge in [-0.25, -0.2) is 0 Å². The molecule has 0 saturated carbocycles. The minimum absolute atomic E-state index is 0.0715. The van der Waals surface area contributed by atoms with Crippen molar-refractivity contribution in [2.45, 2.75) is 65.2 Å². The molecule has 0 aliphatic carbocycles. The molecular formula is C28H38N4O6S. The van der Waals surface area contributed by atoms with Crippen LogP contribution in [0.15, 0.2) is 36.4 Å². The monoisotopic (exact) mass is 558 g/mol. The molecule has 0 aliphatic rings. The van der Waals surface area contributed by atoms with Gasteiger partial charge in [0.25, 0.3) is 11.8 Å². The number of hydrogen-bond donors (Lipinski definition) is 6. The molecule has 0 aromatic heterocycles. The molecule has 6 N–H and O–H groups in total. The van der Waals surface area contributed by atoms with Crippen molar-refractivity contribution in [2.24, 2.45) is 0 Å². The minimum atomic E-state index is -0.616. The molecule has 0 unspecified atom stereocenters. The van der Waals surface area contributed by atoms with E-state index in [1.54, 1.807) is 24.3 Å². The number of aromatic hydroxyl groups is 2. The second-order valence-electron chi connectivity index (χ2n) is 9.03. The fraction of sp³-hybridized carbons (Fsp3) is 0.429. The maximum atomic E-state index is 12.2. The summed E-state index contributed by atoms with van der Waals surface area (Å²) >= 11 is 1.37. The van der Waals surface area contributed by atoms with Crippen molar-refractivity contribution in [2.75, 3.05) is 11.5 Å². The lowest BCUT2D eigenvalue weighted by Gasteiger charge is -2.10. The number of carbonyl (C=O) groups excluding carboxylic acids is 4. The molecule has 0 saturated heterocycles. The topological polar surface area (TPSA) is 157 Å². The molecule has 2 aromatic carbocycles. The Morgan fingerprint density at radius 2 is 1.08 bits per heavy atom. The van der Waals surface area contributed by atoms with Gasteiger partial charge < -0.3 is 10.2 Å². The van der Waals surface area contributed by atoms with E-state index < -0.39 is 23.6 Å². The van der Waals surface area contributed by atoms with Crippen molar-refractivity contribution in [1.29, 1.82) is 0 Å². The molecule has 0 spiro atoms. The molecular weight excluding hydrogens is 520 g/mol. The number of phenolic OH excluding ortho intramolecular Hbond substituents is 2. The number of nitrogens with one attached hydrogen (secondary N) is 4. The first-order valence-corrected chi connectivity index (χ1v) is 14.3. The van der Waals surface area contributed by atoms with Crippen LogP contribution in [0.4, 0.5) is 0 Å². The largest absolute Gasteiger partial charge is 0.507 e. The molecule has 212 valence electrons. The number of phenols is 2. The van der Waals surface area contributed by atoms with E-state index >= 15 is 0 Å². The Kier molecular flexibility index (Phi) is 13.7. The molecule has 0 heterocycles. The summed E-state index contributed by atoms with van der Waals surface area (Å²) in [5.41, 5.74) is 11.2. The predicted octanol–water partition coefficient (Wildman–Crippen LogP) is 3.52. The fourth-order valence-corrected chi connectivity index (χ4v) is 4.42. The maximum Gasteiger partial charge on any atom is 0.273 e. The lowest BCUT2D eigenvalue weighted by molar-refractivity contribution is -0.122. The number of aryl methyl sites for hydroxylation is 2. The van der Waals surface area contributed by atoms with Crippen molar-refractivity contribution in [3.8, 4) is 11.5 Å². The van der Waals surface area contributed by atoms with Gasteiger partial charge in [0, 0.05) is 24.3 Å². The Balaban J connectivity index is 1.61. The number of thioether (sulfide) groups is 1. The summed E-state index contributed by atoms with van der Waals surface area (Å²) in [4.78, 5) is 48.5. The van der Waals surface area contributed by atoms with Crippen LogP contribution < -0.4 is 21.7 Å². The SMILES string of the molecule is CCCCc1ccc(C(=O)NNC(=O)CCSCCC(=O)NNC(=O)c2ccc(CCCC)cc2O)c(O)c1. The predicted molar refractivity (Wildman–Crippen MR) is 151 cm³/mol. The average Bonchev–Trinajstić information content (AvgIpc) is 2.92. The Morgan fingerprint density at radius 1 is 0.667 bits per heavy atom. The lowest BCUT2D eigenvalue weighted by atomic mass is 10.1. The third-order valence-corrected chi connectivity index (χ3v) is 6.81. The summed E-state index contributed by atoms with van der Waals surface area (Å²) < 4.78 is 0. The summed E-state index contributed by atoms with van der Waals surface area (Å²) in [5.74, 6) is -1.51. The number of hydrazine groups is 2. The van der Waals surface area contributed by atoms with Gasteiger partial charge in [-0.1, -0.05) is 38.8 Å². The normalized spacial score (nSPS) is 10.5. The number of hydrogen-bond acceptors (Lipinski definition) is 7. The Bertz CT molecular complexity index is 1050. The molecule has 2 aromatic rings. The highest BCUT2D eigenvalue weighted by atomic mass is 32.2. The highest BCUT2D eigenvalue weighted by Gasteiger charge is 2.14. The summed E-state index contributed by atoms with van der Waals surface area (Å²) in [6, 6.07) is 9.72. The fourth-order valence-electron chi connectivity index (χ4n) is 3.56. The van der Waals surface area contributed by atoms with Gasteiger partial charge in [0.2, 0.25) is 11.8 Å².